The number of carbonyl (C=O) groups is 1. The highest BCUT2D eigenvalue weighted by atomic mass is 16.3. The quantitative estimate of drug-likeness (QED) is 0.567. The van der Waals surface area contributed by atoms with Crippen LogP contribution in [0, 0.1) is 46.3 Å². The molecule has 29 heavy (non-hydrogen) atoms. The smallest absolute Gasteiger partial charge is 0.159 e. The second-order valence-electron chi connectivity index (χ2n) is 12.1. The van der Waals surface area contributed by atoms with Crippen LogP contribution in [-0.2, 0) is 4.79 Å². The van der Waals surface area contributed by atoms with Crippen molar-refractivity contribution in [2.75, 3.05) is 0 Å². The molecule has 1 N–H and O–H groups in total. The minimum absolute atomic E-state index is 0.0154. The minimum Gasteiger partial charge on any atom is -0.389 e. The monoisotopic (exact) mass is 400 g/mol. The van der Waals surface area contributed by atoms with Gasteiger partial charge in [0, 0.05) is 6.42 Å². The summed E-state index contributed by atoms with van der Waals surface area (Å²) in [6, 6.07) is 0. The van der Waals surface area contributed by atoms with Crippen molar-refractivity contribution in [3.63, 3.8) is 0 Å². The van der Waals surface area contributed by atoms with Gasteiger partial charge in [-0.1, -0.05) is 53.9 Å². The predicted molar refractivity (Wildman–Crippen MR) is 119 cm³/mol. The largest absolute Gasteiger partial charge is 0.389 e. The molecule has 4 aliphatic rings. The lowest BCUT2D eigenvalue weighted by Crippen LogP contribution is -2.53. The van der Waals surface area contributed by atoms with Crippen molar-refractivity contribution in [2.24, 2.45) is 46.3 Å². The molecule has 0 aromatic rings. The Morgan fingerprint density at radius 3 is 2.52 bits per heavy atom. The first-order valence-corrected chi connectivity index (χ1v) is 12.6. The molecule has 164 valence electrons. The summed E-state index contributed by atoms with van der Waals surface area (Å²) in [4.78, 5) is 13.2. The van der Waals surface area contributed by atoms with Crippen molar-refractivity contribution < 1.29 is 9.90 Å². The highest BCUT2D eigenvalue weighted by Crippen LogP contribution is 2.67. The number of fused-ring (bicyclic) bond motifs is 5. The number of aliphatic hydroxyl groups is 1. The molecule has 0 bridgehead atoms. The van der Waals surface area contributed by atoms with Crippen molar-refractivity contribution in [2.45, 2.75) is 105 Å². The fraction of sp³-hybridized carbons (Fsp3) is 0.889. The molecule has 0 heterocycles. The van der Waals surface area contributed by atoms with Crippen LogP contribution in [0.15, 0.2) is 11.6 Å². The molecule has 3 fully saturated rings. The third-order valence-electron chi connectivity index (χ3n) is 10.1. The predicted octanol–water partition coefficient (Wildman–Crippen LogP) is 6.57. The Morgan fingerprint density at radius 2 is 1.79 bits per heavy atom. The van der Waals surface area contributed by atoms with E-state index in [1.165, 1.54) is 44.9 Å². The van der Waals surface area contributed by atoms with Gasteiger partial charge in [0.15, 0.2) is 5.78 Å². The maximum Gasteiger partial charge on any atom is 0.159 e. The van der Waals surface area contributed by atoms with Crippen molar-refractivity contribution in [1.82, 2.24) is 0 Å². The van der Waals surface area contributed by atoms with Gasteiger partial charge in [0.05, 0.1) is 6.10 Å². The lowest BCUT2D eigenvalue weighted by atomic mass is 9.46. The number of aliphatic hydroxyl groups excluding tert-OH is 1. The highest BCUT2D eigenvalue weighted by molar-refractivity contribution is 5.98. The van der Waals surface area contributed by atoms with Crippen LogP contribution in [0.1, 0.15) is 98.8 Å². The van der Waals surface area contributed by atoms with Gasteiger partial charge >= 0.3 is 0 Å². The Morgan fingerprint density at radius 1 is 1.03 bits per heavy atom. The van der Waals surface area contributed by atoms with Crippen molar-refractivity contribution in [1.29, 1.82) is 0 Å². The lowest BCUT2D eigenvalue weighted by Gasteiger charge is -2.58. The van der Waals surface area contributed by atoms with Crippen LogP contribution >= 0.6 is 0 Å². The molecular formula is C27H44O2. The SMILES string of the molecule is CC(C)CCC[C@H](C)[C@H]1CC[C@H]2[C@@H]3CC(=O)C4=C[C@H](O)CC[C@]4(C)[C@H]3CC[C@]12C. The van der Waals surface area contributed by atoms with Crippen LogP contribution in [0.5, 0.6) is 0 Å². The van der Waals surface area contributed by atoms with E-state index in [0.717, 1.165) is 48.5 Å². The van der Waals surface area contributed by atoms with Gasteiger partial charge in [-0.05, 0) is 96.5 Å². The zero-order valence-electron chi connectivity index (χ0n) is 19.5. The first-order chi connectivity index (χ1) is 13.7. The fourth-order valence-electron chi connectivity index (χ4n) is 8.56. The zero-order valence-corrected chi connectivity index (χ0v) is 19.5. The first-order valence-electron chi connectivity index (χ1n) is 12.6. The van der Waals surface area contributed by atoms with Crippen molar-refractivity contribution >= 4 is 5.78 Å². The molecule has 0 amide bonds. The van der Waals surface area contributed by atoms with Gasteiger partial charge in [0.25, 0.3) is 0 Å². The number of carbonyl (C=O) groups excluding carboxylic acids is 1. The van der Waals surface area contributed by atoms with Gasteiger partial charge in [-0.25, -0.2) is 0 Å². The van der Waals surface area contributed by atoms with Gasteiger partial charge in [-0.15, -0.1) is 0 Å². The molecule has 8 atom stereocenters. The van der Waals surface area contributed by atoms with Gasteiger partial charge in [0.1, 0.15) is 0 Å². The normalized spacial score (nSPS) is 45.4. The number of Topliss-reactive ketones (excluding diaryl/α,β-unsaturated/α-hetero) is 1. The molecule has 0 aromatic carbocycles. The van der Waals surface area contributed by atoms with E-state index < -0.39 is 6.10 Å². The molecule has 0 aromatic heterocycles. The third kappa shape index (κ3) is 3.56. The van der Waals surface area contributed by atoms with Crippen molar-refractivity contribution in [3.05, 3.63) is 11.6 Å². The Hall–Kier alpha value is -0.630. The molecule has 0 unspecified atom stereocenters. The summed E-state index contributed by atoms with van der Waals surface area (Å²) < 4.78 is 0. The first kappa shape index (κ1) is 21.6. The molecule has 0 aliphatic heterocycles. The maximum atomic E-state index is 13.2. The van der Waals surface area contributed by atoms with Gasteiger partial charge in [-0.3, -0.25) is 4.79 Å². The third-order valence-corrected chi connectivity index (χ3v) is 10.1. The summed E-state index contributed by atoms with van der Waals surface area (Å²) >= 11 is 0. The maximum absolute atomic E-state index is 13.2. The second-order valence-corrected chi connectivity index (χ2v) is 12.1. The van der Waals surface area contributed by atoms with Crippen LogP contribution in [0.4, 0.5) is 0 Å². The van der Waals surface area contributed by atoms with Crippen LogP contribution in [0.2, 0.25) is 0 Å². The molecule has 0 spiro atoms. The lowest BCUT2D eigenvalue weighted by molar-refractivity contribution is -0.129. The minimum atomic E-state index is -0.407. The van der Waals surface area contributed by atoms with E-state index >= 15 is 0 Å². The van der Waals surface area contributed by atoms with Crippen LogP contribution in [-0.4, -0.2) is 17.0 Å². The molecule has 0 saturated heterocycles. The molecule has 4 aliphatic carbocycles. The molecule has 4 rings (SSSR count). The van der Waals surface area contributed by atoms with E-state index in [4.69, 9.17) is 0 Å². The van der Waals surface area contributed by atoms with Crippen LogP contribution in [0.25, 0.3) is 0 Å². The number of hydrogen-bond donors (Lipinski definition) is 1. The Bertz CT molecular complexity index is 663. The molecule has 2 heteroatoms. The van der Waals surface area contributed by atoms with E-state index in [2.05, 4.69) is 34.6 Å². The van der Waals surface area contributed by atoms with Gasteiger partial charge < -0.3 is 5.11 Å². The van der Waals surface area contributed by atoms with Gasteiger partial charge in [-0.2, -0.15) is 0 Å². The second kappa shape index (κ2) is 7.81. The van der Waals surface area contributed by atoms with E-state index in [-0.39, 0.29) is 5.41 Å². The Kier molecular flexibility index (Phi) is 5.82. The summed E-state index contributed by atoms with van der Waals surface area (Å²) in [6.07, 6.45) is 13.5. The number of rotatable bonds is 5. The zero-order chi connectivity index (χ0) is 21.0. The fourth-order valence-corrected chi connectivity index (χ4v) is 8.56. The Balaban J connectivity index is 1.53. The highest BCUT2D eigenvalue weighted by Gasteiger charge is 2.60. The summed E-state index contributed by atoms with van der Waals surface area (Å²) in [5.41, 5.74) is 1.43. The topological polar surface area (TPSA) is 37.3 Å². The van der Waals surface area contributed by atoms with E-state index in [1.807, 2.05) is 6.08 Å². The van der Waals surface area contributed by atoms with Crippen LogP contribution in [0.3, 0.4) is 0 Å². The van der Waals surface area contributed by atoms with E-state index in [9.17, 15) is 9.90 Å². The molecule has 2 nitrogen and oxygen atoms in total. The molecule has 3 saturated carbocycles. The van der Waals surface area contributed by atoms with Crippen molar-refractivity contribution in [3.8, 4) is 0 Å². The summed E-state index contributed by atoms with van der Waals surface area (Å²) in [6.45, 7) is 12.1. The molecular weight excluding hydrogens is 356 g/mol. The number of ketones is 1. The molecule has 0 radical (unpaired) electrons. The standard InChI is InChI=1S/C27H44O2/c1-17(2)7-6-8-18(3)21-9-10-22-20-16-25(29)24-15-19(28)11-13-27(24,5)23(20)12-14-26(21,22)4/h15,17-23,28H,6-14,16H2,1-5H3/t18-,19+,20-,21+,22-,23-,26+,27+/m0/s1. The number of allylic oxidation sites excluding steroid dienone is 1. The average Bonchev–Trinajstić information content (AvgIpc) is 3.00. The average molecular weight is 401 g/mol. The Labute approximate surface area is 178 Å². The van der Waals surface area contributed by atoms with E-state index in [0.29, 0.717) is 23.0 Å². The van der Waals surface area contributed by atoms with E-state index in [1.54, 1.807) is 0 Å². The summed E-state index contributed by atoms with van der Waals surface area (Å²) in [5.74, 6) is 4.77. The number of hydrogen-bond acceptors (Lipinski definition) is 2. The summed E-state index contributed by atoms with van der Waals surface area (Å²) in [5, 5.41) is 10.1. The van der Waals surface area contributed by atoms with Crippen LogP contribution < -0.4 is 0 Å². The van der Waals surface area contributed by atoms with Gasteiger partial charge in [0.2, 0.25) is 0 Å². The summed E-state index contributed by atoms with van der Waals surface area (Å²) in [7, 11) is 0.